The van der Waals surface area contributed by atoms with Crippen LogP contribution in [0.4, 0.5) is 0 Å². The van der Waals surface area contributed by atoms with E-state index in [-0.39, 0.29) is 55.6 Å². The maximum Gasteiger partial charge on any atom is 0.338 e. The Bertz CT molecular complexity index is 3450. The largest absolute Gasteiger partial charge is 0.462 e. The summed E-state index contributed by atoms with van der Waals surface area (Å²) in [6.07, 6.45) is 48.4. The van der Waals surface area contributed by atoms with Gasteiger partial charge in [-0.2, -0.15) is 0 Å². The number of amides is 3. The summed E-state index contributed by atoms with van der Waals surface area (Å²) in [4.78, 5) is 93.7. The Hall–Kier alpha value is -8.35. The molecule has 3 aromatic carbocycles. The van der Waals surface area contributed by atoms with Crippen molar-refractivity contribution in [2.24, 2.45) is 15.5 Å². The number of aryl methyl sites for hydroxylation is 6. The monoisotopic (exact) mass is 1410 g/mol. The second-order valence-corrected chi connectivity index (χ2v) is 26.9. The quantitative estimate of drug-likeness (QED) is 0.0792. The molecule has 6 aliphatic rings. The molecule has 18 nitrogen and oxygen atoms in total. The van der Waals surface area contributed by atoms with E-state index in [1.54, 1.807) is 4.90 Å². The Morgan fingerprint density at radius 3 is 1.26 bits per heavy atom. The lowest BCUT2D eigenvalue weighted by Gasteiger charge is -2.22. The van der Waals surface area contributed by atoms with E-state index in [1.807, 2.05) is 120 Å². The van der Waals surface area contributed by atoms with Gasteiger partial charge in [-0.3, -0.25) is 14.4 Å². The van der Waals surface area contributed by atoms with Crippen molar-refractivity contribution in [3.05, 3.63) is 186 Å². The van der Waals surface area contributed by atoms with Crippen molar-refractivity contribution in [3.63, 3.8) is 0 Å². The fourth-order valence-electron chi connectivity index (χ4n) is 12.7. The number of carbonyl (C=O) groups excluding carboxylic acids is 6. The number of allylic oxidation sites excluding steroid dienone is 9. The van der Waals surface area contributed by atoms with Crippen molar-refractivity contribution in [1.29, 1.82) is 0 Å². The zero-order valence-corrected chi connectivity index (χ0v) is 60.9. The van der Waals surface area contributed by atoms with Crippen LogP contribution in [0.1, 0.15) is 210 Å². The third kappa shape index (κ3) is 27.0. The Morgan fingerprint density at radius 1 is 0.450 bits per heavy atom. The van der Waals surface area contributed by atoms with Crippen LogP contribution >= 0.6 is 23.2 Å². The van der Waals surface area contributed by atoms with Crippen LogP contribution in [0.15, 0.2) is 125 Å². The highest BCUT2D eigenvalue weighted by molar-refractivity contribution is 6.33. The van der Waals surface area contributed by atoms with Crippen LogP contribution < -0.4 is 10.6 Å². The molecule has 4 heterocycles. The normalized spacial score (nSPS) is 21.0. The molecule has 538 valence electrons. The first-order valence-electron chi connectivity index (χ1n) is 35.7. The number of esters is 3. The molecule has 3 aromatic rings. The van der Waals surface area contributed by atoms with Gasteiger partial charge in [-0.15, -0.1) is 0 Å². The van der Waals surface area contributed by atoms with Crippen molar-refractivity contribution in [2.75, 3.05) is 52.7 Å². The van der Waals surface area contributed by atoms with Crippen LogP contribution in [-0.2, 0) is 62.4 Å². The molecule has 0 unspecified atom stereocenters. The van der Waals surface area contributed by atoms with E-state index in [9.17, 15) is 28.8 Å². The number of halogens is 2. The van der Waals surface area contributed by atoms with Gasteiger partial charge in [-0.05, 0) is 194 Å². The van der Waals surface area contributed by atoms with Gasteiger partial charge in [-0.25, -0.2) is 14.4 Å². The molecular weight excluding hydrogens is 1310 g/mol. The minimum absolute atomic E-state index is 0.0793. The van der Waals surface area contributed by atoms with Crippen molar-refractivity contribution in [1.82, 2.24) is 15.5 Å². The highest BCUT2D eigenvalue weighted by Crippen LogP contribution is 2.32. The van der Waals surface area contributed by atoms with Crippen molar-refractivity contribution in [3.8, 4) is 0 Å². The molecule has 2 aliphatic carbocycles. The summed E-state index contributed by atoms with van der Waals surface area (Å²) in [7, 11) is 0. The summed E-state index contributed by atoms with van der Waals surface area (Å²) in [6, 6.07) is 8.21. The van der Waals surface area contributed by atoms with Gasteiger partial charge in [0.25, 0.3) is 17.7 Å². The number of nitrogens with zero attached hydrogens (tertiary/aromatic N) is 4. The van der Waals surface area contributed by atoms with Crippen molar-refractivity contribution >= 4 is 76.0 Å². The average molecular weight is 1410 g/mol. The van der Waals surface area contributed by atoms with E-state index in [2.05, 4.69) is 56.5 Å². The van der Waals surface area contributed by atoms with E-state index in [4.69, 9.17) is 51.9 Å². The zero-order valence-electron chi connectivity index (χ0n) is 59.4. The first-order chi connectivity index (χ1) is 48.4. The van der Waals surface area contributed by atoms with Crippen molar-refractivity contribution < 1.29 is 57.5 Å². The number of nitrogens with one attached hydrogen (secondary N) is 2. The van der Waals surface area contributed by atoms with Gasteiger partial charge in [-0.1, -0.05) is 174 Å². The number of benzene rings is 3. The fraction of sp³-hybridized carbons (Fsp3) is 0.487. The van der Waals surface area contributed by atoms with Crippen LogP contribution in [0.3, 0.4) is 0 Å². The first-order valence-corrected chi connectivity index (χ1v) is 36.4. The smallest absolute Gasteiger partial charge is 0.338 e. The molecule has 9 rings (SSSR count). The van der Waals surface area contributed by atoms with Gasteiger partial charge >= 0.3 is 17.9 Å². The van der Waals surface area contributed by atoms with Crippen LogP contribution in [0.5, 0.6) is 0 Å². The number of carbonyl (C=O) groups is 6. The first kappa shape index (κ1) is 79.0. The molecule has 2 saturated carbocycles. The minimum atomic E-state index is -0.393. The molecule has 3 amide bonds. The molecule has 0 atom stereocenters. The van der Waals surface area contributed by atoms with Gasteiger partial charge in [0, 0.05) is 54.5 Å². The zero-order chi connectivity index (χ0) is 71.4. The summed E-state index contributed by atoms with van der Waals surface area (Å²) in [5, 5.41) is 19.9. The molecule has 2 N–H and O–H groups in total. The van der Waals surface area contributed by atoms with E-state index in [1.165, 1.54) is 12.8 Å². The topological polar surface area (TPSA) is 222 Å². The third-order valence-electron chi connectivity index (χ3n) is 17.7. The van der Waals surface area contributed by atoms with E-state index in [0.717, 1.165) is 135 Å². The number of ether oxygens (including phenoxy) is 3. The average Bonchev–Trinajstić information content (AvgIpc) is 0.810. The predicted molar refractivity (Wildman–Crippen MR) is 397 cm³/mol. The summed E-state index contributed by atoms with van der Waals surface area (Å²) >= 11 is 13.3. The van der Waals surface area contributed by atoms with Gasteiger partial charge < -0.3 is 44.3 Å². The highest BCUT2D eigenvalue weighted by atomic mass is 35.5. The number of fused-ring (bicyclic) bond motifs is 3. The Balaban J connectivity index is 0.000000211. The van der Waals surface area contributed by atoms with Gasteiger partial charge in [0.05, 0.1) is 53.6 Å². The van der Waals surface area contributed by atoms with E-state index >= 15 is 0 Å². The SMILES string of the molecule is Cc1cc(C)c2c(c1)CC(=N\OCC(=O)N1CC=CCC1)/C=C/CC/C=C/CCOC2=O.Cc1cc(C)c2c(c1Cl)CC(=N/OCC(=O)NC1CCCCC1)/C=C/CC/C=C/CCOC2=O.Cc1cc(C)c2c(c1Cl)CC(=N\OCC(=O)NC1CCCCC1)/C=C/CC/C=C/CCOC2=O. The molecule has 0 saturated heterocycles. The lowest BCUT2D eigenvalue weighted by Crippen LogP contribution is -2.38. The van der Waals surface area contributed by atoms with Gasteiger partial charge in [0.2, 0.25) is 0 Å². The van der Waals surface area contributed by atoms with Crippen LogP contribution in [0, 0.1) is 41.5 Å². The fourth-order valence-corrected chi connectivity index (χ4v) is 13.2. The number of hydrogen-bond donors (Lipinski definition) is 2. The molecular formula is C80H102Cl2N6O12. The minimum Gasteiger partial charge on any atom is -0.462 e. The van der Waals surface area contributed by atoms with E-state index in [0.29, 0.717) is 126 Å². The maximum atomic E-state index is 12.9. The number of rotatable bonds is 11. The Morgan fingerprint density at radius 2 is 0.830 bits per heavy atom. The second kappa shape index (κ2) is 43.3. The lowest BCUT2D eigenvalue weighted by atomic mass is 9.94. The summed E-state index contributed by atoms with van der Waals surface area (Å²) in [6.45, 7) is 13.4. The summed E-state index contributed by atoms with van der Waals surface area (Å²) in [5.41, 5.74) is 10.8. The Kier molecular flexibility index (Phi) is 34.2. The highest BCUT2D eigenvalue weighted by Gasteiger charge is 2.26. The predicted octanol–water partition coefficient (Wildman–Crippen LogP) is 16.0. The van der Waals surface area contributed by atoms with Crippen LogP contribution in [0.2, 0.25) is 10.0 Å². The van der Waals surface area contributed by atoms with Crippen LogP contribution in [-0.4, -0.2) is 122 Å². The second-order valence-electron chi connectivity index (χ2n) is 26.1. The molecule has 0 radical (unpaired) electrons. The standard InChI is InChI=1S/2C27H35ClN2O4.C26H32N2O4/c2*1-19-16-20(2)26(28)23-17-22(30-34-18-24(31)29-21-12-9-7-10-13-21)14-8-5-3-4-6-11-15-33-27(32)25(19)23;1-20-16-21(2)25-22(17-20)18-23(12-8-5-3-4-6-11-15-31-26(25)30)27-32-19-24(29)28-13-9-7-10-14-28/h2*4,6,8,14,16,21H,3,5,7,9-13,15,17-18H2,1-2H3,(H,29,31);4,6-9,12,16-17H,3,5,10-11,13-15,18-19H2,1-2H3/b6-4+,14-8+,30-22+;6-4+,14-8+,30-22-;6-4+,12-8+,27-23-. The molecule has 4 aliphatic heterocycles. The van der Waals surface area contributed by atoms with Crippen molar-refractivity contribution in [2.45, 2.75) is 201 Å². The number of oxime groups is 3. The molecule has 0 spiro atoms. The Labute approximate surface area is 601 Å². The molecule has 100 heavy (non-hydrogen) atoms. The van der Waals surface area contributed by atoms with Crippen LogP contribution in [0.25, 0.3) is 0 Å². The van der Waals surface area contributed by atoms with Gasteiger partial charge in [0.15, 0.2) is 19.8 Å². The molecule has 0 aromatic heterocycles. The lowest BCUT2D eigenvalue weighted by molar-refractivity contribution is -0.135. The summed E-state index contributed by atoms with van der Waals surface area (Å²) < 4.78 is 16.6. The van der Waals surface area contributed by atoms with E-state index < -0.39 is 11.9 Å². The molecule has 2 fully saturated rings. The molecule has 20 heteroatoms. The maximum absolute atomic E-state index is 12.9. The number of hydrogen-bond acceptors (Lipinski definition) is 15. The number of cyclic esters (lactones) is 3. The van der Waals surface area contributed by atoms with Gasteiger partial charge in [0.1, 0.15) is 0 Å². The summed E-state index contributed by atoms with van der Waals surface area (Å²) in [5.74, 6) is -1.52. The third-order valence-corrected chi connectivity index (χ3v) is 18.8. The molecule has 0 bridgehead atoms.